The molecule has 1 aromatic rings. The number of benzene rings is 1. The molecule has 0 aromatic heterocycles. The summed E-state index contributed by atoms with van der Waals surface area (Å²) in [5.74, 6) is 1.03. The van der Waals surface area contributed by atoms with E-state index in [2.05, 4.69) is 6.07 Å². The molecule has 0 aliphatic rings. The molecule has 0 fully saturated rings. The summed E-state index contributed by atoms with van der Waals surface area (Å²) in [6, 6.07) is 7.57. The third-order valence-electron chi connectivity index (χ3n) is 1.59. The molecule has 3 heteroatoms. The molecule has 0 heterocycles. The molecule has 0 saturated carbocycles. The van der Waals surface area contributed by atoms with Crippen molar-refractivity contribution in [3.63, 3.8) is 0 Å². The molecule has 0 saturated heterocycles. The van der Waals surface area contributed by atoms with Crippen LogP contribution in [-0.4, -0.2) is 12.5 Å². The Morgan fingerprint density at radius 3 is 2.92 bits per heavy atom. The first-order valence-corrected chi connectivity index (χ1v) is 4.51. The van der Waals surface area contributed by atoms with E-state index in [-0.39, 0.29) is 0 Å². The summed E-state index contributed by atoms with van der Waals surface area (Å²) in [5.41, 5.74) is 1.61. The smallest absolute Gasteiger partial charge is 0.137 e. The molecule has 0 radical (unpaired) electrons. The number of alkyl halides is 1. The topological polar surface area (TPSA) is 33.0 Å². The number of aryl methyl sites for hydroxylation is 1. The lowest BCUT2D eigenvalue weighted by molar-refractivity contribution is 0.341. The zero-order valence-electron chi connectivity index (χ0n) is 7.38. The summed E-state index contributed by atoms with van der Waals surface area (Å²) in [6.45, 7) is 2.37. The van der Waals surface area contributed by atoms with Gasteiger partial charge in [-0.3, -0.25) is 0 Å². The molecule has 1 rings (SSSR count). The SMILES string of the molecule is Cc1ccc(OCCCl)c(C#N)c1. The third kappa shape index (κ3) is 2.64. The Morgan fingerprint density at radius 1 is 1.54 bits per heavy atom. The van der Waals surface area contributed by atoms with Crippen LogP contribution in [-0.2, 0) is 0 Å². The maximum atomic E-state index is 8.78. The summed E-state index contributed by atoms with van der Waals surface area (Å²) in [7, 11) is 0. The molecule has 0 unspecified atom stereocenters. The van der Waals surface area contributed by atoms with Gasteiger partial charge in [-0.15, -0.1) is 11.6 Å². The molecule has 2 nitrogen and oxygen atoms in total. The van der Waals surface area contributed by atoms with Crippen molar-refractivity contribution in [2.24, 2.45) is 0 Å². The zero-order chi connectivity index (χ0) is 9.68. The summed E-state index contributed by atoms with van der Waals surface area (Å²) >= 11 is 5.47. The van der Waals surface area contributed by atoms with Crippen molar-refractivity contribution < 1.29 is 4.74 Å². The van der Waals surface area contributed by atoms with Crippen LogP contribution in [0.5, 0.6) is 5.75 Å². The first-order valence-electron chi connectivity index (χ1n) is 3.97. The minimum atomic E-state index is 0.429. The van der Waals surface area contributed by atoms with Crippen molar-refractivity contribution in [2.75, 3.05) is 12.5 Å². The average molecular weight is 196 g/mol. The highest BCUT2D eigenvalue weighted by atomic mass is 35.5. The van der Waals surface area contributed by atoms with E-state index in [0.717, 1.165) is 5.56 Å². The molecule has 0 atom stereocenters. The lowest BCUT2D eigenvalue weighted by Gasteiger charge is -2.05. The van der Waals surface area contributed by atoms with E-state index in [1.807, 2.05) is 13.0 Å². The van der Waals surface area contributed by atoms with E-state index in [1.165, 1.54) is 0 Å². The van der Waals surface area contributed by atoms with Crippen LogP contribution in [0.15, 0.2) is 18.2 Å². The van der Waals surface area contributed by atoms with Gasteiger partial charge in [-0.05, 0) is 24.6 Å². The molecule has 0 spiro atoms. The second-order valence-electron chi connectivity index (χ2n) is 2.65. The molecule has 0 amide bonds. The van der Waals surface area contributed by atoms with Crippen molar-refractivity contribution in [1.29, 1.82) is 5.26 Å². The first kappa shape index (κ1) is 9.88. The Morgan fingerprint density at radius 2 is 2.31 bits per heavy atom. The van der Waals surface area contributed by atoms with E-state index in [9.17, 15) is 0 Å². The van der Waals surface area contributed by atoms with Gasteiger partial charge in [0.1, 0.15) is 18.4 Å². The van der Waals surface area contributed by atoms with Gasteiger partial charge < -0.3 is 4.74 Å². The maximum absolute atomic E-state index is 8.78. The predicted molar refractivity (Wildman–Crippen MR) is 52.1 cm³/mol. The van der Waals surface area contributed by atoms with Crippen LogP contribution in [0.25, 0.3) is 0 Å². The van der Waals surface area contributed by atoms with Gasteiger partial charge in [0.25, 0.3) is 0 Å². The zero-order valence-corrected chi connectivity index (χ0v) is 8.14. The summed E-state index contributed by atoms with van der Waals surface area (Å²) < 4.78 is 5.28. The third-order valence-corrected chi connectivity index (χ3v) is 1.74. The first-order chi connectivity index (χ1) is 6.27. The fourth-order valence-electron chi connectivity index (χ4n) is 1.01. The summed E-state index contributed by atoms with van der Waals surface area (Å²) in [5, 5.41) is 8.78. The molecule has 13 heavy (non-hydrogen) atoms. The highest BCUT2D eigenvalue weighted by molar-refractivity contribution is 6.18. The normalized spacial score (nSPS) is 9.31. The number of nitriles is 1. The fourth-order valence-corrected chi connectivity index (χ4v) is 1.08. The number of hydrogen-bond donors (Lipinski definition) is 0. The van der Waals surface area contributed by atoms with Crippen LogP contribution in [0.4, 0.5) is 0 Å². The maximum Gasteiger partial charge on any atom is 0.137 e. The van der Waals surface area contributed by atoms with Gasteiger partial charge in [0, 0.05) is 0 Å². The summed E-state index contributed by atoms with van der Waals surface area (Å²) in [6.07, 6.45) is 0. The standard InChI is InChI=1S/C10H10ClNO/c1-8-2-3-10(13-5-4-11)9(6-8)7-12/h2-3,6H,4-5H2,1H3. The largest absolute Gasteiger partial charge is 0.491 e. The molecule has 0 aliphatic carbocycles. The number of hydrogen-bond acceptors (Lipinski definition) is 2. The van der Waals surface area contributed by atoms with Crippen LogP contribution in [0.1, 0.15) is 11.1 Å². The lowest BCUT2D eigenvalue weighted by Crippen LogP contribution is -1.99. The Bertz CT molecular complexity index is 330. The molecular weight excluding hydrogens is 186 g/mol. The van der Waals surface area contributed by atoms with Crippen molar-refractivity contribution >= 4 is 11.6 Å². The van der Waals surface area contributed by atoms with E-state index < -0.39 is 0 Å². The van der Waals surface area contributed by atoms with Crippen LogP contribution in [0.3, 0.4) is 0 Å². The predicted octanol–water partition coefficient (Wildman–Crippen LogP) is 2.48. The van der Waals surface area contributed by atoms with E-state index in [4.69, 9.17) is 21.6 Å². The van der Waals surface area contributed by atoms with Crippen LogP contribution in [0, 0.1) is 18.3 Å². The van der Waals surface area contributed by atoms with E-state index in [0.29, 0.717) is 23.8 Å². The van der Waals surface area contributed by atoms with Crippen LogP contribution in [0.2, 0.25) is 0 Å². The van der Waals surface area contributed by atoms with Gasteiger partial charge in [0.2, 0.25) is 0 Å². The molecule has 0 aliphatic heterocycles. The van der Waals surface area contributed by atoms with Crippen molar-refractivity contribution in [3.8, 4) is 11.8 Å². The molecule has 0 bridgehead atoms. The highest BCUT2D eigenvalue weighted by Gasteiger charge is 2.01. The van der Waals surface area contributed by atoms with Gasteiger partial charge in [0.15, 0.2) is 0 Å². The lowest BCUT2D eigenvalue weighted by atomic mass is 10.1. The molecule has 1 aromatic carbocycles. The minimum Gasteiger partial charge on any atom is -0.491 e. The van der Waals surface area contributed by atoms with Crippen molar-refractivity contribution in [3.05, 3.63) is 29.3 Å². The van der Waals surface area contributed by atoms with E-state index in [1.54, 1.807) is 12.1 Å². The van der Waals surface area contributed by atoms with Crippen molar-refractivity contribution in [2.45, 2.75) is 6.92 Å². The van der Waals surface area contributed by atoms with Gasteiger partial charge in [-0.1, -0.05) is 6.07 Å². The Kier molecular flexibility index (Phi) is 3.60. The number of nitrogens with zero attached hydrogens (tertiary/aromatic N) is 1. The van der Waals surface area contributed by atoms with Gasteiger partial charge in [-0.25, -0.2) is 0 Å². The number of ether oxygens (including phenoxy) is 1. The van der Waals surface area contributed by atoms with Gasteiger partial charge in [-0.2, -0.15) is 5.26 Å². The number of halogens is 1. The minimum absolute atomic E-state index is 0.429. The number of rotatable bonds is 3. The van der Waals surface area contributed by atoms with Gasteiger partial charge in [0.05, 0.1) is 11.4 Å². The van der Waals surface area contributed by atoms with E-state index >= 15 is 0 Å². The average Bonchev–Trinajstić information content (AvgIpc) is 2.16. The highest BCUT2D eigenvalue weighted by Crippen LogP contribution is 2.18. The fraction of sp³-hybridized carbons (Fsp3) is 0.300. The monoisotopic (exact) mass is 195 g/mol. The Hall–Kier alpha value is -1.20. The van der Waals surface area contributed by atoms with Gasteiger partial charge >= 0.3 is 0 Å². The van der Waals surface area contributed by atoms with Crippen LogP contribution < -0.4 is 4.74 Å². The van der Waals surface area contributed by atoms with Crippen LogP contribution >= 0.6 is 11.6 Å². The second-order valence-corrected chi connectivity index (χ2v) is 3.03. The summed E-state index contributed by atoms with van der Waals surface area (Å²) in [4.78, 5) is 0. The van der Waals surface area contributed by atoms with Crippen molar-refractivity contribution in [1.82, 2.24) is 0 Å². The molecule has 68 valence electrons. The second kappa shape index (κ2) is 4.74. The Balaban J connectivity index is 2.88. The Labute approximate surface area is 82.7 Å². The molecular formula is C10H10ClNO. The quantitative estimate of drug-likeness (QED) is 0.695. The molecule has 0 N–H and O–H groups in total.